The third-order valence-corrected chi connectivity index (χ3v) is 7.44. The minimum Gasteiger partial charge on any atom is -0.490 e. The molecule has 4 rings (SSSR count). The summed E-state index contributed by atoms with van der Waals surface area (Å²) in [6, 6.07) is 7.34. The molecule has 2 aliphatic rings. The minimum absolute atomic E-state index is 0.0103. The number of halogens is 1. The molecule has 2 fully saturated rings. The molecule has 1 saturated heterocycles. The van der Waals surface area contributed by atoms with Crippen molar-refractivity contribution in [2.45, 2.75) is 38.0 Å². The summed E-state index contributed by atoms with van der Waals surface area (Å²) in [5.74, 6) is -0.840. The molecule has 1 saturated carbocycles. The molecule has 0 unspecified atom stereocenters. The van der Waals surface area contributed by atoms with Crippen molar-refractivity contribution in [3.63, 3.8) is 0 Å². The average molecular weight is 476 g/mol. The number of carbonyl (C=O) groups excluding carboxylic acids is 2. The van der Waals surface area contributed by atoms with Gasteiger partial charge < -0.3 is 9.64 Å². The second-order valence-electron chi connectivity index (χ2n) is 8.77. The van der Waals surface area contributed by atoms with Crippen LogP contribution in [0, 0.1) is 11.7 Å². The smallest absolute Gasteiger partial charge is 0.324 e. The van der Waals surface area contributed by atoms with Crippen LogP contribution in [-0.4, -0.2) is 49.1 Å². The van der Waals surface area contributed by atoms with Gasteiger partial charge in [-0.2, -0.15) is 0 Å². The number of imide groups is 1. The molecule has 2 heterocycles. The lowest BCUT2D eigenvalue weighted by Crippen LogP contribution is -2.27. The van der Waals surface area contributed by atoms with E-state index in [2.05, 4.69) is 10.3 Å². The number of nitrogens with one attached hydrogen (secondary N) is 1. The van der Waals surface area contributed by atoms with Crippen LogP contribution in [0.5, 0.6) is 5.75 Å². The SMILES string of the molecule is C[C@@H](CS(=O)(=O)Cc1ccc(CN2CC(=O)NC2=O)cn1)c1ccc(F)c(OCC2CC2)c1. The maximum atomic E-state index is 14.0. The highest BCUT2D eigenvalue weighted by molar-refractivity contribution is 7.90. The first kappa shape index (κ1) is 23.2. The Balaban J connectivity index is 1.35. The number of hydrogen-bond donors (Lipinski definition) is 1. The number of pyridine rings is 1. The molecule has 33 heavy (non-hydrogen) atoms. The number of hydrogen-bond acceptors (Lipinski definition) is 6. The highest BCUT2D eigenvalue weighted by atomic mass is 32.2. The van der Waals surface area contributed by atoms with Crippen LogP contribution in [0.2, 0.25) is 0 Å². The lowest BCUT2D eigenvalue weighted by atomic mass is 10.0. The van der Waals surface area contributed by atoms with E-state index in [0.717, 1.165) is 12.8 Å². The molecule has 1 aliphatic heterocycles. The number of carbonyl (C=O) groups is 2. The van der Waals surface area contributed by atoms with E-state index in [1.165, 1.54) is 17.2 Å². The number of rotatable bonds is 10. The van der Waals surface area contributed by atoms with Gasteiger partial charge in [0.15, 0.2) is 21.4 Å². The second-order valence-corrected chi connectivity index (χ2v) is 10.9. The Hall–Kier alpha value is -3.01. The van der Waals surface area contributed by atoms with Crippen molar-refractivity contribution in [3.8, 4) is 5.75 Å². The Labute approximate surface area is 192 Å². The number of aromatic nitrogens is 1. The zero-order valence-corrected chi connectivity index (χ0v) is 19.1. The van der Waals surface area contributed by atoms with E-state index in [4.69, 9.17) is 4.74 Å². The molecule has 2 aromatic rings. The van der Waals surface area contributed by atoms with Gasteiger partial charge >= 0.3 is 6.03 Å². The Kier molecular flexibility index (Phi) is 6.64. The van der Waals surface area contributed by atoms with Crippen molar-refractivity contribution in [1.82, 2.24) is 15.2 Å². The van der Waals surface area contributed by atoms with Crippen LogP contribution >= 0.6 is 0 Å². The molecular weight excluding hydrogens is 449 g/mol. The van der Waals surface area contributed by atoms with E-state index >= 15 is 0 Å². The summed E-state index contributed by atoms with van der Waals surface area (Å²) in [7, 11) is -3.49. The van der Waals surface area contributed by atoms with Crippen LogP contribution < -0.4 is 10.1 Å². The molecule has 176 valence electrons. The molecule has 1 aromatic heterocycles. The van der Waals surface area contributed by atoms with Crippen molar-refractivity contribution >= 4 is 21.8 Å². The lowest BCUT2D eigenvalue weighted by Gasteiger charge is -2.15. The van der Waals surface area contributed by atoms with Crippen LogP contribution in [0.4, 0.5) is 9.18 Å². The molecule has 1 N–H and O–H groups in total. The highest BCUT2D eigenvalue weighted by Crippen LogP contribution is 2.31. The molecular formula is C23H26FN3O5S. The molecule has 8 nitrogen and oxygen atoms in total. The normalized spacial score (nSPS) is 17.2. The summed E-state index contributed by atoms with van der Waals surface area (Å²) >= 11 is 0. The van der Waals surface area contributed by atoms with Crippen LogP contribution in [-0.2, 0) is 26.9 Å². The molecule has 10 heteroatoms. The van der Waals surface area contributed by atoms with Gasteiger partial charge in [-0.25, -0.2) is 17.6 Å². The quantitative estimate of drug-likeness (QED) is 0.530. The van der Waals surface area contributed by atoms with Crippen LogP contribution in [0.3, 0.4) is 0 Å². The molecule has 1 aromatic carbocycles. The van der Waals surface area contributed by atoms with Gasteiger partial charge in [0.1, 0.15) is 6.54 Å². The van der Waals surface area contributed by atoms with Crippen molar-refractivity contribution in [3.05, 3.63) is 59.2 Å². The van der Waals surface area contributed by atoms with E-state index in [-0.39, 0.29) is 42.2 Å². The fraction of sp³-hybridized carbons (Fsp3) is 0.435. The Bertz CT molecular complexity index is 1150. The van der Waals surface area contributed by atoms with Gasteiger partial charge in [0, 0.05) is 12.7 Å². The van der Waals surface area contributed by atoms with Crippen molar-refractivity contribution < 1.29 is 27.1 Å². The first-order valence-corrected chi connectivity index (χ1v) is 12.7. The van der Waals surface area contributed by atoms with E-state index in [0.29, 0.717) is 29.3 Å². The second kappa shape index (κ2) is 9.46. The monoisotopic (exact) mass is 475 g/mol. The standard InChI is InChI=1S/C23H26FN3O5S/c1-15(18-5-7-20(24)21(8-18)32-12-16-2-3-16)13-33(30,31)14-19-6-4-17(9-25-19)10-27-11-22(28)26-23(27)29/h4-9,15-16H,2-3,10-14H2,1H3,(H,26,28,29)/t15-/m0/s1. The summed E-state index contributed by atoms with van der Waals surface area (Å²) in [5.41, 5.74) is 1.78. The predicted octanol–water partition coefficient (Wildman–Crippen LogP) is 2.78. The van der Waals surface area contributed by atoms with Gasteiger partial charge in [0.25, 0.3) is 0 Å². The zero-order valence-electron chi connectivity index (χ0n) is 18.3. The van der Waals surface area contributed by atoms with Gasteiger partial charge in [0.2, 0.25) is 5.91 Å². The number of ether oxygens (including phenoxy) is 1. The molecule has 1 atom stereocenters. The van der Waals surface area contributed by atoms with E-state index < -0.39 is 21.7 Å². The number of sulfone groups is 1. The molecule has 0 bridgehead atoms. The summed E-state index contributed by atoms with van der Waals surface area (Å²) in [6.45, 7) is 2.47. The molecule has 0 radical (unpaired) electrons. The number of urea groups is 1. The first-order valence-electron chi connectivity index (χ1n) is 10.8. The van der Waals surface area contributed by atoms with Gasteiger partial charge in [-0.05, 0) is 54.0 Å². The first-order chi connectivity index (χ1) is 15.7. The minimum atomic E-state index is -3.49. The van der Waals surface area contributed by atoms with E-state index in [1.807, 2.05) is 0 Å². The number of benzene rings is 1. The van der Waals surface area contributed by atoms with Gasteiger partial charge in [0.05, 0.1) is 23.8 Å². The van der Waals surface area contributed by atoms with Gasteiger partial charge in [-0.1, -0.05) is 19.1 Å². The average Bonchev–Trinajstić information content (AvgIpc) is 3.52. The lowest BCUT2D eigenvalue weighted by molar-refractivity contribution is -0.118. The molecule has 0 spiro atoms. The van der Waals surface area contributed by atoms with E-state index in [1.54, 1.807) is 31.2 Å². The van der Waals surface area contributed by atoms with Crippen LogP contribution in [0.1, 0.15) is 42.5 Å². The number of nitrogens with zero attached hydrogens (tertiary/aromatic N) is 2. The van der Waals surface area contributed by atoms with Gasteiger partial charge in [-0.3, -0.25) is 15.1 Å². The zero-order chi connectivity index (χ0) is 23.6. The fourth-order valence-electron chi connectivity index (χ4n) is 3.66. The predicted molar refractivity (Wildman–Crippen MR) is 119 cm³/mol. The fourth-order valence-corrected chi connectivity index (χ4v) is 5.35. The summed E-state index contributed by atoms with van der Waals surface area (Å²) in [6.07, 6.45) is 3.70. The van der Waals surface area contributed by atoms with Crippen molar-refractivity contribution in [2.24, 2.45) is 5.92 Å². The third kappa shape index (κ3) is 6.28. The Morgan fingerprint density at radius 2 is 2.03 bits per heavy atom. The Morgan fingerprint density at radius 3 is 2.67 bits per heavy atom. The van der Waals surface area contributed by atoms with Crippen molar-refractivity contribution in [1.29, 1.82) is 0 Å². The topological polar surface area (TPSA) is 106 Å². The summed E-state index contributed by atoms with van der Waals surface area (Å²) in [5, 5.41) is 2.20. The maximum absolute atomic E-state index is 14.0. The van der Waals surface area contributed by atoms with Crippen LogP contribution in [0.15, 0.2) is 36.5 Å². The molecule has 1 aliphatic carbocycles. The Morgan fingerprint density at radius 1 is 1.24 bits per heavy atom. The van der Waals surface area contributed by atoms with Crippen molar-refractivity contribution in [2.75, 3.05) is 18.9 Å². The summed E-state index contributed by atoms with van der Waals surface area (Å²) < 4.78 is 45.1. The number of amides is 3. The maximum Gasteiger partial charge on any atom is 0.324 e. The largest absolute Gasteiger partial charge is 0.490 e. The van der Waals surface area contributed by atoms with Gasteiger partial charge in [-0.15, -0.1) is 0 Å². The van der Waals surface area contributed by atoms with Crippen LogP contribution in [0.25, 0.3) is 0 Å². The third-order valence-electron chi connectivity index (χ3n) is 5.69. The highest BCUT2D eigenvalue weighted by Gasteiger charge is 2.27. The summed E-state index contributed by atoms with van der Waals surface area (Å²) in [4.78, 5) is 28.5. The molecule has 3 amide bonds. The van der Waals surface area contributed by atoms with E-state index in [9.17, 15) is 22.4 Å².